The number of terminal acetylenes is 1. The smallest absolute Gasteiger partial charge is 0.191 e. The number of nitrogens with one attached hydrogen (secondary N) is 2. The summed E-state index contributed by atoms with van der Waals surface area (Å²) in [5.41, 5.74) is 1.03. The van der Waals surface area contributed by atoms with Crippen LogP contribution < -0.4 is 20.1 Å². The maximum atomic E-state index is 5.48. The van der Waals surface area contributed by atoms with Crippen molar-refractivity contribution in [1.29, 1.82) is 0 Å². The summed E-state index contributed by atoms with van der Waals surface area (Å²) < 4.78 is 15.7. The third-order valence-corrected chi connectivity index (χ3v) is 2.82. The molecule has 0 fully saturated rings. The molecule has 1 aromatic carbocycles. The van der Waals surface area contributed by atoms with Crippen LogP contribution in [0.3, 0.4) is 0 Å². The molecule has 0 atom stereocenters. The van der Waals surface area contributed by atoms with Gasteiger partial charge in [-0.3, -0.25) is 4.99 Å². The monoisotopic (exact) mass is 433 g/mol. The summed E-state index contributed by atoms with van der Waals surface area (Å²) in [5.74, 6) is 4.43. The third-order valence-electron chi connectivity index (χ3n) is 2.82. The Kier molecular flexibility index (Phi) is 11.9. The molecule has 0 radical (unpaired) electrons. The lowest BCUT2D eigenvalue weighted by Crippen LogP contribution is -2.38. The first kappa shape index (κ1) is 21.3. The number of ether oxygens (including phenoxy) is 3. The van der Waals surface area contributed by atoms with Crippen molar-refractivity contribution in [1.82, 2.24) is 10.6 Å². The van der Waals surface area contributed by atoms with Crippen LogP contribution in [0.25, 0.3) is 0 Å². The second kappa shape index (κ2) is 12.8. The van der Waals surface area contributed by atoms with Crippen molar-refractivity contribution >= 4 is 29.9 Å². The number of halogens is 1. The molecule has 0 aliphatic carbocycles. The van der Waals surface area contributed by atoms with Gasteiger partial charge in [-0.1, -0.05) is 12.0 Å². The van der Waals surface area contributed by atoms with Crippen LogP contribution in [0.4, 0.5) is 0 Å². The molecular weight excluding hydrogens is 409 g/mol. The maximum absolute atomic E-state index is 5.48. The fourth-order valence-corrected chi connectivity index (χ4v) is 1.74. The number of hydrogen-bond acceptors (Lipinski definition) is 4. The summed E-state index contributed by atoms with van der Waals surface area (Å²) in [7, 11) is 4.97. The quantitative estimate of drug-likeness (QED) is 0.215. The van der Waals surface area contributed by atoms with Gasteiger partial charge in [0.15, 0.2) is 17.5 Å². The van der Waals surface area contributed by atoms with Crippen LogP contribution in [-0.2, 0) is 11.3 Å². The molecule has 0 saturated carbocycles. The molecular formula is C16H24IN3O3. The average molecular weight is 433 g/mol. The van der Waals surface area contributed by atoms with Gasteiger partial charge in [0.25, 0.3) is 0 Å². The lowest BCUT2D eigenvalue weighted by atomic mass is 10.2. The van der Waals surface area contributed by atoms with Crippen molar-refractivity contribution in [3.8, 4) is 23.8 Å². The van der Waals surface area contributed by atoms with Crippen molar-refractivity contribution in [2.45, 2.75) is 6.54 Å². The second-order valence-electron chi connectivity index (χ2n) is 4.32. The molecule has 128 valence electrons. The van der Waals surface area contributed by atoms with Gasteiger partial charge in [-0.05, 0) is 17.7 Å². The highest BCUT2D eigenvalue weighted by atomic mass is 127. The number of hydrogen-bond donors (Lipinski definition) is 2. The van der Waals surface area contributed by atoms with Gasteiger partial charge in [0, 0.05) is 27.2 Å². The van der Waals surface area contributed by atoms with Gasteiger partial charge >= 0.3 is 0 Å². The Balaban J connectivity index is 0.00000484. The molecule has 0 bridgehead atoms. The molecule has 0 spiro atoms. The first-order valence-electron chi connectivity index (χ1n) is 6.91. The Hall–Kier alpha value is -1.66. The molecule has 6 nitrogen and oxygen atoms in total. The zero-order valence-electron chi connectivity index (χ0n) is 13.7. The zero-order chi connectivity index (χ0) is 16.2. The Labute approximate surface area is 155 Å². The van der Waals surface area contributed by atoms with Gasteiger partial charge in [-0.25, -0.2) is 0 Å². The Morgan fingerprint density at radius 1 is 1.26 bits per heavy atom. The molecule has 7 heteroatoms. The molecule has 0 unspecified atom stereocenters. The first-order valence-corrected chi connectivity index (χ1v) is 6.91. The number of methoxy groups -OCH3 is 2. The average Bonchev–Trinajstić information content (AvgIpc) is 2.56. The van der Waals surface area contributed by atoms with Crippen LogP contribution in [-0.4, -0.2) is 47.0 Å². The lowest BCUT2D eigenvalue weighted by Gasteiger charge is -2.13. The molecule has 0 amide bonds. The SMILES string of the molecule is C#CCOc1cc(CNC(=NC)NCCOC)ccc1OC.I. The van der Waals surface area contributed by atoms with Crippen LogP contribution in [0.5, 0.6) is 11.5 Å². The van der Waals surface area contributed by atoms with Gasteiger partial charge in [0.05, 0.1) is 13.7 Å². The number of aliphatic imine (C=N–C) groups is 1. The maximum Gasteiger partial charge on any atom is 0.191 e. The van der Waals surface area contributed by atoms with Crippen LogP contribution in [0, 0.1) is 12.3 Å². The van der Waals surface area contributed by atoms with E-state index in [1.54, 1.807) is 21.3 Å². The molecule has 2 N–H and O–H groups in total. The molecule has 1 aromatic rings. The Morgan fingerprint density at radius 2 is 2.04 bits per heavy atom. The van der Waals surface area contributed by atoms with E-state index in [0.29, 0.717) is 37.2 Å². The Bertz CT molecular complexity index is 530. The zero-order valence-corrected chi connectivity index (χ0v) is 16.0. The van der Waals surface area contributed by atoms with Crippen LogP contribution in [0.1, 0.15) is 5.56 Å². The minimum Gasteiger partial charge on any atom is -0.493 e. The van der Waals surface area contributed by atoms with Crippen LogP contribution in [0.15, 0.2) is 23.2 Å². The minimum atomic E-state index is 0. The topological polar surface area (TPSA) is 64.1 Å². The van der Waals surface area contributed by atoms with Crippen LogP contribution in [0.2, 0.25) is 0 Å². The predicted molar refractivity (Wildman–Crippen MR) is 103 cm³/mol. The summed E-state index contributed by atoms with van der Waals surface area (Å²) in [6.45, 7) is 2.11. The summed E-state index contributed by atoms with van der Waals surface area (Å²) in [6, 6.07) is 5.70. The van der Waals surface area contributed by atoms with E-state index in [-0.39, 0.29) is 30.6 Å². The summed E-state index contributed by atoms with van der Waals surface area (Å²) in [4.78, 5) is 4.14. The second-order valence-corrected chi connectivity index (χ2v) is 4.32. The summed E-state index contributed by atoms with van der Waals surface area (Å²) in [6.07, 6.45) is 5.22. The largest absolute Gasteiger partial charge is 0.493 e. The van der Waals surface area contributed by atoms with Gasteiger partial charge in [0.1, 0.15) is 6.61 Å². The van der Waals surface area contributed by atoms with Crippen molar-refractivity contribution in [3.63, 3.8) is 0 Å². The first-order chi connectivity index (χ1) is 10.7. The van der Waals surface area contributed by atoms with Crippen molar-refractivity contribution in [2.75, 3.05) is 41.0 Å². The number of benzene rings is 1. The van der Waals surface area contributed by atoms with E-state index < -0.39 is 0 Å². The molecule has 0 aromatic heterocycles. The predicted octanol–water partition coefficient (Wildman–Crippen LogP) is 1.64. The van der Waals surface area contributed by atoms with Gasteiger partial charge in [-0.15, -0.1) is 30.4 Å². The molecule has 1 rings (SSSR count). The van der Waals surface area contributed by atoms with E-state index in [1.807, 2.05) is 18.2 Å². The highest BCUT2D eigenvalue weighted by Gasteiger charge is 2.06. The van der Waals surface area contributed by atoms with E-state index >= 15 is 0 Å². The lowest BCUT2D eigenvalue weighted by molar-refractivity contribution is 0.203. The highest BCUT2D eigenvalue weighted by molar-refractivity contribution is 14.0. The number of guanidine groups is 1. The molecule has 0 aliphatic heterocycles. The van der Waals surface area contributed by atoms with Crippen molar-refractivity contribution in [2.24, 2.45) is 4.99 Å². The summed E-state index contributed by atoms with van der Waals surface area (Å²) in [5, 5.41) is 6.36. The Morgan fingerprint density at radius 3 is 2.65 bits per heavy atom. The molecule has 0 aliphatic rings. The molecule has 0 saturated heterocycles. The molecule has 0 heterocycles. The van der Waals surface area contributed by atoms with E-state index in [2.05, 4.69) is 21.5 Å². The number of rotatable bonds is 8. The minimum absolute atomic E-state index is 0. The van der Waals surface area contributed by atoms with E-state index in [0.717, 1.165) is 5.56 Å². The molecule has 23 heavy (non-hydrogen) atoms. The van der Waals surface area contributed by atoms with Gasteiger partial charge < -0.3 is 24.8 Å². The standard InChI is InChI=1S/C16H23N3O3.HI/c1-5-9-22-15-11-13(6-7-14(15)21-4)12-19-16(17-2)18-8-10-20-3;/h1,6-7,11H,8-10,12H2,2-4H3,(H2,17,18,19);1H. The fraction of sp³-hybridized carbons (Fsp3) is 0.438. The fourth-order valence-electron chi connectivity index (χ4n) is 1.74. The highest BCUT2D eigenvalue weighted by Crippen LogP contribution is 2.27. The van der Waals surface area contributed by atoms with Crippen molar-refractivity contribution in [3.05, 3.63) is 23.8 Å². The third kappa shape index (κ3) is 7.95. The van der Waals surface area contributed by atoms with Crippen LogP contribution >= 0.6 is 24.0 Å². The van der Waals surface area contributed by atoms with E-state index in [9.17, 15) is 0 Å². The normalized spacial score (nSPS) is 10.3. The van der Waals surface area contributed by atoms with Gasteiger partial charge in [0.2, 0.25) is 0 Å². The van der Waals surface area contributed by atoms with Gasteiger partial charge in [-0.2, -0.15) is 0 Å². The van der Waals surface area contributed by atoms with E-state index in [1.165, 1.54) is 0 Å². The van der Waals surface area contributed by atoms with Crippen molar-refractivity contribution < 1.29 is 14.2 Å². The van der Waals surface area contributed by atoms with E-state index in [4.69, 9.17) is 20.6 Å². The summed E-state index contributed by atoms with van der Waals surface area (Å²) >= 11 is 0. The number of nitrogens with zero attached hydrogens (tertiary/aromatic N) is 1.